The molecule has 12 rings (SSSR count). The Morgan fingerprint density at radius 2 is 0.786 bits per heavy atom. The first-order chi connectivity index (χ1) is 27.7. The molecule has 0 aliphatic rings. The molecule has 0 N–H and O–H groups in total. The highest BCUT2D eigenvalue weighted by Gasteiger charge is 2.22. The summed E-state index contributed by atoms with van der Waals surface area (Å²) in [5, 5.41) is 30.0. The maximum absolute atomic E-state index is 10.7. The van der Waals surface area contributed by atoms with Gasteiger partial charge in [0.2, 0.25) is 0 Å². The van der Waals surface area contributed by atoms with Gasteiger partial charge in [0.15, 0.2) is 0 Å². The Morgan fingerprint density at radius 3 is 1.23 bits per heavy atom. The molecule has 12 aromatic rings. The van der Waals surface area contributed by atoms with Crippen LogP contribution in [0.5, 0.6) is 0 Å². The van der Waals surface area contributed by atoms with Crippen LogP contribution in [0.2, 0.25) is 0 Å². The summed E-state index contributed by atoms with van der Waals surface area (Å²) in [4.78, 5) is 0. The standard InChI is InChI=1S/C50H26N4O2/c51-27-29-25-31(53-41-13-5-1-9-35(41)37-21-23-45-47(49(37)53)39-11-3-7-15-43(39)55-45)17-19-33(29)34-20-18-32(26-30(34)28-52)54-42-14-6-2-10-36(42)38-22-24-46-48(50(38)54)40-12-4-8-16-44(40)56-46/h1-26H. The first-order valence-electron chi connectivity index (χ1n) is 18.5. The van der Waals surface area contributed by atoms with E-state index in [1.165, 1.54) is 0 Å². The van der Waals surface area contributed by atoms with E-state index in [2.05, 4.69) is 81.9 Å². The molecule has 0 bridgehead atoms. The maximum Gasteiger partial charge on any atom is 0.137 e. The van der Waals surface area contributed by atoms with E-state index in [4.69, 9.17) is 8.83 Å². The highest BCUT2D eigenvalue weighted by Crippen LogP contribution is 2.43. The molecule has 0 aliphatic heterocycles. The van der Waals surface area contributed by atoms with Crippen molar-refractivity contribution >= 4 is 87.5 Å². The van der Waals surface area contributed by atoms with Crippen molar-refractivity contribution in [2.75, 3.05) is 0 Å². The third-order valence-electron chi connectivity index (χ3n) is 11.4. The van der Waals surface area contributed by atoms with Gasteiger partial charge >= 0.3 is 0 Å². The smallest absolute Gasteiger partial charge is 0.137 e. The summed E-state index contributed by atoms with van der Waals surface area (Å²) in [6.45, 7) is 0. The predicted molar refractivity (Wildman–Crippen MR) is 225 cm³/mol. The number of rotatable bonds is 3. The van der Waals surface area contributed by atoms with Crippen LogP contribution in [0, 0.1) is 22.7 Å². The molecule has 6 heteroatoms. The van der Waals surface area contributed by atoms with Gasteiger partial charge in [0.25, 0.3) is 0 Å². The molecule has 0 aliphatic carbocycles. The van der Waals surface area contributed by atoms with Crippen molar-refractivity contribution in [1.82, 2.24) is 9.13 Å². The number of para-hydroxylation sites is 4. The summed E-state index contributed by atoms with van der Waals surface area (Å²) in [7, 11) is 0. The van der Waals surface area contributed by atoms with Gasteiger partial charge in [-0.1, -0.05) is 84.9 Å². The van der Waals surface area contributed by atoms with Crippen LogP contribution in [-0.4, -0.2) is 9.13 Å². The van der Waals surface area contributed by atoms with Gasteiger partial charge in [-0.25, -0.2) is 0 Å². The van der Waals surface area contributed by atoms with Gasteiger partial charge in [-0.2, -0.15) is 10.5 Å². The normalized spacial score (nSPS) is 11.9. The van der Waals surface area contributed by atoms with E-state index in [9.17, 15) is 10.5 Å². The van der Waals surface area contributed by atoms with Gasteiger partial charge < -0.3 is 18.0 Å². The predicted octanol–water partition coefficient (Wildman–Crippen LogP) is 13.1. The molecule has 0 saturated heterocycles. The monoisotopic (exact) mass is 714 g/mol. The van der Waals surface area contributed by atoms with Gasteiger partial charge in [0, 0.05) is 54.8 Å². The number of fused-ring (bicyclic) bond motifs is 14. The van der Waals surface area contributed by atoms with E-state index in [0.717, 1.165) is 98.9 Å². The minimum Gasteiger partial charge on any atom is -0.456 e. The first-order valence-corrected chi connectivity index (χ1v) is 18.5. The number of hydrogen-bond donors (Lipinski definition) is 0. The summed E-state index contributed by atoms with van der Waals surface area (Å²) in [6, 6.07) is 58.1. The third kappa shape index (κ3) is 4.02. The van der Waals surface area contributed by atoms with Gasteiger partial charge in [0.05, 0.1) is 56.1 Å². The van der Waals surface area contributed by atoms with E-state index in [1.54, 1.807) is 0 Å². The van der Waals surface area contributed by atoms with Crippen molar-refractivity contribution in [2.45, 2.75) is 0 Å². The number of hydrogen-bond acceptors (Lipinski definition) is 4. The van der Waals surface area contributed by atoms with Crippen LogP contribution in [0.3, 0.4) is 0 Å². The van der Waals surface area contributed by atoms with Gasteiger partial charge in [-0.05, 0) is 72.8 Å². The fourth-order valence-electron chi connectivity index (χ4n) is 9.06. The Balaban J connectivity index is 1.07. The Kier molecular flexibility index (Phi) is 6.10. The molecule has 8 aromatic carbocycles. The van der Waals surface area contributed by atoms with Gasteiger partial charge in [-0.15, -0.1) is 0 Å². The lowest BCUT2D eigenvalue weighted by atomic mass is 9.95. The van der Waals surface area contributed by atoms with E-state index < -0.39 is 0 Å². The molecular formula is C50H26N4O2. The van der Waals surface area contributed by atoms with Crippen LogP contribution in [-0.2, 0) is 0 Å². The van der Waals surface area contributed by atoms with Crippen molar-refractivity contribution < 1.29 is 8.83 Å². The number of benzene rings is 8. The van der Waals surface area contributed by atoms with Crippen LogP contribution in [0.15, 0.2) is 167 Å². The Labute approximate surface area is 318 Å². The number of aromatic nitrogens is 2. The summed E-state index contributed by atoms with van der Waals surface area (Å²) in [5.41, 5.74) is 11.4. The minimum absolute atomic E-state index is 0.477. The van der Waals surface area contributed by atoms with Crippen LogP contribution in [0.4, 0.5) is 0 Å². The van der Waals surface area contributed by atoms with E-state index >= 15 is 0 Å². The van der Waals surface area contributed by atoms with Crippen molar-refractivity contribution in [2.24, 2.45) is 0 Å². The number of nitriles is 2. The molecule has 0 saturated carbocycles. The molecule has 0 atom stereocenters. The zero-order valence-corrected chi connectivity index (χ0v) is 29.6. The summed E-state index contributed by atoms with van der Waals surface area (Å²) >= 11 is 0. The molecule has 0 unspecified atom stereocenters. The van der Waals surface area contributed by atoms with Crippen molar-refractivity contribution in [3.63, 3.8) is 0 Å². The zero-order valence-electron chi connectivity index (χ0n) is 29.6. The van der Waals surface area contributed by atoms with Crippen LogP contribution < -0.4 is 0 Å². The molecule has 0 radical (unpaired) electrons. The molecule has 0 spiro atoms. The first kappa shape index (κ1) is 30.4. The van der Waals surface area contributed by atoms with Crippen molar-refractivity contribution in [3.8, 4) is 34.6 Å². The molecule has 56 heavy (non-hydrogen) atoms. The third-order valence-corrected chi connectivity index (χ3v) is 11.4. The van der Waals surface area contributed by atoms with E-state index in [1.807, 2.05) is 97.1 Å². The molecule has 6 nitrogen and oxygen atoms in total. The maximum atomic E-state index is 10.7. The molecule has 0 amide bonds. The second-order valence-corrected chi connectivity index (χ2v) is 14.3. The molecule has 258 valence electrons. The van der Waals surface area contributed by atoms with Crippen molar-refractivity contribution in [3.05, 3.63) is 169 Å². The van der Waals surface area contributed by atoms with Gasteiger partial charge in [-0.3, -0.25) is 0 Å². The molecule has 4 heterocycles. The molecule has 4 aromatic heterocycles. The summed E-state index contributed by atoms with van der Waals surface area (Å²) < 4.78 is 17.1. The van der Waals surface area contributed by atoms with Gasteiger partial charge in [0.1, 0.15) is 22.3 Å². The Morgan fingerprint density at radius 1 is 0.375 bits per heavy atom. The molecular weight excluding hydrogens is 689 g/mol. The highest BCUT2D eigenvalue weighted by atomic mass is 16.3. The Bertz CT molecular complexity index is 3500. The van der Waals surface area contributed by atoms with Crippen LogP contribution >= 0.6 is 0 Å². The number of nitrogens with zero attached hydrogens (tertiary/aromatic N) is 4. The topological polar surface area (TPSA) is 83.7 Å². The average Bonchev–Trinajstić information content (AvgIpc) is 4.00. The zero-order chi connectivity index (χ0) is 37.1. The number of furan rings is 2. The summed E-state index contributed by atoms with van der Waals surface area (Å²) in [5.74, 6) is 0. The average molecular weight is 715 g/mol. The molecule has 0 fully saturated rings. The van der Waals surface area contributed by atoms with Crippen LogP contribution in [0.25, 0.3) is 110 Å². The largest absolute Gasteiger partial charge is 0.456 e. The quantitative estimate of drug-likeness (QED) is 0.182. The lowest BCUT2D eigenvalue weighted by Crippen LogP contribution is -1.99. The SMILES string of the molecule is N#Cc1cc(-n2c3ccccc3c3ccc4oc5ccccc5c4c32)ccc1-c1ccc(-n2c3ccccc3c3ccc4oc5ccccc5c4c32)cc1C#N. The fourth-order valence-corrected chi connectivity index (χ4v) is 9.06. The highest BCUT2D eigenvalue weighted by molar-refractivity contribution is 6.25. The van der Waals surface area contributed by atoms with Crippen molar-refractivity contribution in [1.29, 1.82) is 10.5 Å². The Hall–Kier alpha value is -8.06. The van der Waals surface area contributed by atoms with E-state index in [0.29, 0.717) is 22.3 Å². The van der Waals surface area contributed by atoms with Crippen LogP contribution in [0.1, 0.15) is 11.1 Å². The fraction of sp³-hybridized carbons (Fsp3) is 0. The second-order valence-electron chi connectivity index (χ2n) is 14.3. The van der Waals surface area contributed by atoms with E-state index in [-0.39, 0.29) is 0 Å². The minimum atomic E-state index is 0.477. The lowest BCUT2D eigenvalue weighted by Gasteiger charge is -2.14. The second kappa shape index (κ2) is 11.2. The lowest BCUT2D eigenvalue weighted by molar-refractivity contribution is 0.669. The summed E-state index contributed by atoms with van der Waals surface area (Å²) in [6.07, 6.45) is 0.